The van der Waals surface area contributed by atoms with E-state index in [9.17, 15) is 23.1 Å². The summed E-state index contributed by atoms with van der Waals surface area (Å²) in [5.41, 5.74) is 1.15. The number of carbonyl (C=O) groups excluding carboxylic acids is 1. The first-order chi connectivity index (χ1) is 13.9. The Morgan fingerprint density at radius 1 is 1.03 bits per heavy atom. The predicted octanol–water partition coefficient (Wildman–Crippen LogP) is 3.32. The first kappa shape index (κ1) is 23.2. The number of amides is 1. The summed E-state index contributed by atoms with van der Waals surface area (Å²) in [6.07, 6.45) is -0.808. The van der Waals surface area contributed by atoms with Crippen LogP contribution in [-0.2, 0) is 26.0 Å². The van der Waals surface area contributed by atoms with Gasteiger partial charge in [-0.1, -0.05) is 29.8 Å². The average molecular weight is 435 g/mol. The fourth-order valence-electron chi connectivity index (χ4n) is 2.53. The van der Waals surface area contributed by atoms with E-state index in [2.05, 4.69) is 10.0 Å². The average Bonchev–Trinajstić information content (AvgIpc) is 2.61. The number of aliphatic carboxylic acids is 1. The molecule has 30 heavy (non-hydrogen) atoms. The van der Waals surface area contributed by atoms with Gasteiger partial charge in [-0.2, -0.15) is 0 Å². The van der Waals surface area contributed by atoms with Crippen molar-refractivity contribution in [3.8, 4) is 0 Å². The molecule has 162 valence electrons. The fourth-order valence-corrected chi connectivity index (χ4v) is 3.58. The first-order valence-electron chi connectivity index (χ1n) is 9.26. The van der Waals surface area contributed by atoms with Crippen LogP contribution in [0.2, 0.25) is 0 Å². The van der Waals surface area contributed by atoms with E-state index < -0.39 is 33.7 Å². The number of nitrogens with one attached hydrogen (secondary N) is 2. The van der Waals surface area contributed by atoms with Gasteiger partial charge in [-0.05, 0) is 57.5 Å². The zero-order valence-electron chi connectivity index (χ0n) is 17.3. The maximum Gasteiger partial charge on any atom is 0.408 e. The Morgan fingerprint density at radius 3 is 2.10 bits per heavy atom. The number of alkyl carbamates (subject to hydrolysis) is 1. The molecule has 1 amide bonds. The van der Waals surface area contributed by atoms with Crippen LogP contribution in [0.4, 0.5) is 10.5 Å². The van der Waals surface area contributed by atoms with E-state index in [-0.39, 0.29) is 11.3 Å². The summed E-state index contributed by atoms with van der Waals surface area (Å²) in [5.74, 6) is -1.20. The summed E-state index contributed by atoms with van der Waals surface area (Å²) in [6.45, 7) is 6.90. The summed E-state index contributed by atoms with van der Waals surface area (Å²) >= 11 is 0. The van der Waals surface area contributed by atoms with E-state index >= 15 is 0 Å². The number of anilines is 1. The molecular formula is C21H26N2O6S. The molecule has 2 rings (SSSR count). The summed E-state index contributed by atoms with van der Waals surface area (Å²) in [6, 6.07) is 11.5. The fraction of sp³-hybridized carbons (Fsp3) is 0.333. The quantitative estimate of drug-likeness (QED) is 0.615. The molecule has 3 N–H and O–H groups in total. The minimum Gasteiger partial charge on any atom is -0.480 e. The number of sulfonamides is 1. The van der Waals surface area contributed by atoms with Crippen LogP contribution in [-0.4, -0.2) is 37.2 Å². The van der Waals surface area contributed by atoms with Crippen molar-refractivity contribution in [2.45, 2.75) is 50.7 Å². The lowest BCUT2D eigenvalue weighted by Gasteiger charge is -2.22. The van der Waals surface area contributed by atoms with Crippen LogP contribution in [0.25, 0.3) is 0 Å². The van der Waals surface area contributed by atoms with Crippen molar-refractivity contribution in [2.24, 2.45) is 0 Å². The molecule has 0 aliphatic heterocycles. The lowest BCUT2D eigenvalue weighted by molar-refractivity contribution is -0.139. The van der Waals surface area contributed by atoms with E-state index in [4.69, 9.17) is 4.74 Å². The van der Waals surface area contributed by atoms with Gasteiger partial charge in [-0.3, -0.25) is 4.72 Å². The second-order valence-corrected chi connectivity index (χ2v) is 9.54. The molecule has 0 radical (unpaired) electrons. The maximum absolute atomic E-state index is 12.5. The molecule has 0 fully saturated rings. The Kier molecular flexibility index (Phi) is 7.09. The van der Waals surface area contributed by atoms with Crippen LogP contribution < -0.4 is 10.0 Å². The van der Waals surface area contributed by atoms with Crippen LogP contribution in [0.15, 0.2) is 53.4 Å². The van der Waals surface area contributed by atoms with Crippen molar-refractivity contribution in [3.63, 3.8) is 0 Å². The van der Waals surface area contributed by atoms with Crippen LogP contribution in [0.3, 0.4) is 0 Å². The van der Waals surface area contributed by atoms with Crippen molar-refractivity contribution in [2.75, 3.05) is 4.72 Å². The van der Waals surface area contributed by atoms with Crippen molar-refractivity contribution in [3.05, 3.63) is 59.7 Å². The summed E-state index contributed by atoms with van der Waals surface area (Å²) in [7, 11) is -3.73. The second-order valence-electron chi connectivity index (χ2n) is 7.86. The Morgan fingerprint density at radius 2 is 1.60 bits per heavy atom. The third-order valence-electron chi connectivity index (χ3n) is 3.97. The molecule has 0 aliphatic rings. The zero-order chi connectivity index (χ0) is 22.5. The molecular weight excluding hydrogens is 408 g/mol. The Balaban J connectivity index is 2.05. The van der Waals surface area contributed by atoms with Crippen LogP contribution in [0, 0.1) is 6.92 Å². The number of carboxylic acids is 1. The van der Waals surface area contributed by atoms with Crippen LogP contribution in [0.5, 0.6) is 0 Å². The summed E-state index contributed by atoms with van der Waals surface area (Å²) in [5, 5.41) is 11.7. The minimum absolute atomic E-state index is 0.0135. The largest absolute Gasteiger partial charge is 0.480 e. The van der Waals surface area contributed by atoms with Crippen molar-refractivity contribution in [1.82, 2.24) is 5.32 Å². The lowest BCUT2D eigenvalue weighted by atomic mass is 10.1. The molecule has 1 unspecified atom stereocenters. The second kappa shape index (κ2) is 9.17. The molecule has 0 aliphatic carbocycles. The highest BCUT2D eigenvalue weighted by molar-refractivity contribution is 7.92. The van der Waals surface area contributed by atoms with Crippen molar-refractivity contribution >= 4 is 27.8 Å². The van der Waals surface area contributed by atoms with Gasteiger partial charge in [0, 0.05) is 12.1 Å². The molecule has 2 aromatic rings. The SMILES string of the molecule is Cc1ccc(S(=O)(=O)Nc2ccc(CC(NC(=O)OC(C)(C)C)C(=O)O)cc2)cc1. The van der Waals surface area contributed by atoms with Gasteiger partial charge >= 0.3 is 12.1 Å². The summed E-state index contributed by atoms with van der Waals surface area (Å²) in [4.78, 5) is 23.5. The van der Waals surface area contributed by atoms with Gasteiger partial charge < -0.3 is 15.2 Å². The molecule has 0 spiro atoms. The summed E-state index contributed by atoms with van der Waals surface area (Å²) < 4.78 is 32.5. The smallest absolute Gasteiger partial charge is 0.408 e. The van der Waals surface area contributed by atoms with Gasteiger partial charge in [0.1, 0.15) is 11.6 Å². The monoisotopic (exact) mass is 434 g/mol. The number of carboxylic acid groups (broad SMARTS) is 1. The van der Waals surface area contributed by atoms with Gasteiger partial charge in [0.25, 0.3) is 10.0 Å². The minimum atomic E-state index is -3.73. The van der Waals surface area contributed by atoms with Gasteiger partial charge in [0.2, 0.25) is 0 Å². The normalized spacial score (nSPS) is 12.7. The standard InChI is InChI=1S/C21H26N2O6S/c1-14-5-11-17(12-6-14)30(27,28)23-16-9-7-15(8-10-16)13-18(19(24)25)22-20(26)29-21(2,3)4/h5-12,18,23H,13H2,1-4H3,(H,22,26)(H,24,25). The topological polar surface area (TPSA) is 122 Å². The van der Waals surface area contributed by atoms with Crippen molar-refractivity contribution in [1.29, 1.82) is 0 Å². The predicted molar refractivity (Wildman–Crippen MR) is 113 cm³/mol. The van der Waals surface area contributed by atoms with Gasteiger partial charge in [-0.15, -0.1) is 0 Å². The Labute approximate surface area is 176 Å². The number of ether oxygens (including phenoxy) is 1. The molecule has 9 heteroatoms. The van der Waals surface area contributed by atoms with Gasteiger partial charge in [0.15, 0.2) is 0 Å². The number of carbonyl (C=O) groups is 2. The Hall–Kier alpha value is -3.07. The molecule has 0 bridgehead atoms. The molecule has 2 aromatic carbocycles. The Bertz CT molecular complexity index is 993. The lowest BCUT2D eigenvalue weighted by Crippen LogP contribution is -2.44. The third-order valence-corrected chi connectivity index (χ3v) is 5.36. The first-order valence-corrected chi connectivity index (χ1v) is 10.7. The highest BCUT2D eigenvalue weighted by Crippen LogP contribution is 2.18. The zero-order valence-corrected chi connectivity index (χ0v) is 18.1. The van der Waals surface area contributed by atoms with Crippen LogP contribution in [0.1, 0.15) is 31.9 Å². The maximum atomic E-state index is 12.5. The molecule has 0 saturated heterocycles. The number of hydrogen-bond donors (Lipinski definition) is 3. The van der Waals surface area contributed by atoms with E-state index in [1.807, 2.05) is 6.92 Å². The van der Waals surface area contributed by atoms with E-state index in [0.717, 1.165) is 5.56 Å². The molecule has 0 saturated carbocycles. The number of rotatable bonds is 7. The van der Waals surface area contributed by atoms with E-state index in [0.29, 0.717) is 11.3 Å². The molecule has 8 nitrogen and oxygen atoms in total. The molecule has 1 atom stereocenters. The van der Waals surface area contributed by atoms with E-state index in [1.54, 1.807) is 45.0 Å². The van der Waals surface area contributed by atoms with Gasteiger partial charge in [0.05, 0.1) is 4.90 Å². The highest BCUT2D eigenvalue weighted by atomic mass is 32.2. The number of hydrogen-bond acceptors (Lipinski definition) is 5. The van der Waals surface area contributed by atoms with E-state index in [1.165, 1.54) is 24.3 Å². The molecule has 0 aromatic heterocycles. The van der Waals surface area contributed by atoms with Crippen LogP contribution >= 0.6 is 0 Å². The van der Waals surface area contributed by atoms with Gasteiger partial charge in [-0.25, -0.2) is 18.0 Å². The highest BCUT2D eigenvalue weighted by Gasteiger charge is 2.24. The molecule has 0 heterocycles. The van der Waals surface area contributed by atoms with Crippen molar-refractivity contribution < 1.29 is 27.9 Å². The number of benzene rings is 2. The third kappa shape index (κ3) is 7.07. The number of aryl methyl sites for hydroxylation is 1.